The zero-order chi connectivity index (χ0) is 18.0. The quantitative estimate of drug-likeness (QED) is 0.684. The predicted octanol–water partition coefficient (Wildman–Crippen LogP) is 4.21. The third-order valence-electron chi connectivity index (χ3n) is 4.88. The van der Waals surface area contributed by atoms with E-state index >= 15 is 0 Å². The van der Waals surface area contributed by atoms with Gasteiger partial charge in [-0.15, -0.1) is 11.8 Å². The lowest BCUT2D eigenvalue weighted by molar-refractivity contribution is -0.120. The smallest absolute Gasteiger partial charge is 0.231 e. The molecule has 0 saturated heterocycles. The van der Waals surface area contributed by atoms with Crippen LogP contribution in [0.3, 0.4) is 0 Å². The standard InChI is InChI=1S/C20H21N3O2S/c1-14-21-19(23-25-14)20(10-4-5-11-20)22-18(24)13-26-17-9-8-15-6-2-3-7-16(15)12-17/h2-3,6-9,12H,4-5,10-11,13H2,1H3,(H,22,24). The highest BCUT2D eigenvalue weighted by atomic mass is 32.2. The molecule has 5 nitrogen and oxygen atoms in total. The highest BCUT2D eigenvalue weighted by molar-refractivity contribution is 8.00. The van der Waals surface area contributed by atoms with E-state index in [4.69, 9.17) is 4.52 Å². The Morgan fingerprint density at radius 3 is 2.69 bits per heavy atom. The summed E-state index contributed by atoms with van der Waals surface area (Å²) in [6.45, 7) is 1.77. The minimum absolute atomic E-state index is 0.00696. The van der Waals surface area contributed by atoms with E-state index < -0.39 is 5.54 Å². The molecule has 1 aromatic heterocycles. The molecule has 0 unspecified atom stereocenters. The van der Waals surface area contributed by atoms with Crippen LogP contribution in [-0.4, -0.2) is 21.8 Å². The van der Waals surface area contributed by atoms with E-state index in [1.807, 2.05) is 12.1 Å². The van der Waals surface area contributed by atoms with Gasteiger partial charge in [0.25, 0.3) is 0 Å². The summed E-state index contributed by atoms with van der Waals surface area (Å²) < 4.78 is 5.14. The fraction of sp³-hybridized carbons (Fsp3) is 0.350. The molecule has 3 aromatic rings. The minimum atomic E-state index is -0.473. The van der Waals surface area contributed by atoms with Crippen molar-refractivity contribution in [2.24, 2.45) is 0 Å². The lowest BCUT2D eigenvalue weighted by Gasteiger charge is -2.26. The Balaban J connectivity index is 1.43. The van der Waals surface area contributed by atoms with Gasteiger partial charge in [0.05, 0.1) is 5.75 Å². The van der Waals surface area contributed by atoms with Crippen LogP contribution >= 0.6 is 11.8 Å². The molecule has 2 aromatic carbocycles. The Bertz CT molecular complexity index is 931. The highest BCUT2D eigenvalue weighted by Crippen LogP contribution is 2.37. The number of hydrogen-bond donors (Lipinski definition) is 1. The maximum atomic E-state index is 12.6. The number of benzene rings is 2. The van der Waals surface area contributed by atoms with E-state index in [1.54, 1.807) is 18.7 Å². The Labute approximate surface area is 156 Å². The molecule has 0 spiro atoms. The summed E-state index contributed by atoms with van der Waals surface area (Å²) in [5, 5.41) is 9.65. The van der Waals surface area contributed by atoms with Gasteiger partial charge in [0.15, 0.2) is 5.82 Å². The third kappa shape index (κ3) is 3.46. The molecule has 6 heteroatoms. The summed E-state index contributed by atoms with van der Waals surface area (Å²) in [5.41, 5.74) is -0.473. The largest absolute Gasteiger partial charge is 0.342 e. The molecule has 1 amide bonds. The summed E-state index contributed by atoms with van der Waals surface area (Å²) in [6.07, 6.45) is 3.84. The molecule has 1 saturated carbocycles. The third-order valence-corrected chi connectivity index (χ3v) is 5.88. The van der Waals surface area contributed by atoms with Crippen LogP contribution in [0.1, 0.15) is 37.4 Å². The fourth-order valence-electron chi connectivity index (χ4n) is 3.59. The number of nitrogens with one attached hydrogen (secondary N) is 1. The maximum absolute atomic E-state index is 12.6. The topological polar surface area (TPSA) is 68.0 Å². The van der Waals surface area contributed by atoms with E-state index in [0.29, 0.717) is 17.5 Å². The number of hydrogen-bond acceptors (Lipinski definition) is 5. The summed E-state index contributed by atoms with van der Waals surface area (Å²) in [5.74, 6) is 1.52. The van der Waals surface area contributed by atoms with Crippen molar-refractivity contribution in [3.63, 3.8) is 0 Å². The van der Waals surface area contributed by atoms with E-state index in [-0.39, 0.29) is 5.91 Å². The number of aryl methyl sites for hydroxylation is 1. The molecule has 0 aliphatic heterocycles. The molecular weight excluding hydrogens is 346 g/mol. The van der Waals surface area contributed by atoms with E-state index in [1.165, 1.54) is 10.8 Å². The van der Waals surface area contributed by atoms with Crippen molar-refractivity contribution in [2.75, 3.05) is 5.75 Å². The van der Waals surface area contributed by atoms with Gasteiger partial charge in [0.2, 0.25) is 11.8 Å². The van der Waals surface area contributed by atoms with Crippen LogP contribution in [0.5, 0.6) is 0 Å². The van der Waals surface area contributed by atoms with E-state index in [2.05, 4.69) is 45.8 Å². The first-order chi connectivity index (χ1) is 12.6. The minimum Gasteiger partial charge on any atom is -0.342 e. The van der Waals surface area contributed by atoms with Gasteiger partial charge in [0.1, 0.15) is 5.54 Å². The molecule has 1 aliphatic carbocycles. The number of thioether (sulfide) groups is 1. The molecular formula is C20H21N3O2S. The summed E-state index contributed by atoms with van der Waals surface area (Å²) in [4.78, 5) is 18.1. The molecule has 26 heavy (non-hydrogen) atoms. The van der Waals surface area contributed by atoms with Crippen LogP contribution in [0.15, 0.2) is 51.9 Å². The normalized spacial score (nSPS) is 16.0. The molecule has 1 aliphatic rings. The van der Waals surface area contributed by atoms with Gasteiger partial charge < -0.3 is 9.84 Å². The molecule has 1 heterocycles. The number of fused-ring (bicyclic) bond motifs is 1. The molecule has 0 bridgehead atoms. The molecule has 0 atom stereocenters. The Morgan fingerprint density at radius 2 is 1.96 bits per heavy atom. The number of rotatable bonds is 5. The van der Waals surface area contributed by atoms with Gasteiger partial charge in [-0.25, -0.2) is 0 Å². The summed E-state index contributed by atoms with van der Waals surface area (Å²) in [6, 6.07) is 14.5. The van der Waals surface area contributed by atoms with Crippen molar-refractivity contribution in [1.29, 1.82) is 0 Å². The number of aromatic nitrogens is 2. The van der Waals surface area contributed by atoms with Gasteiger partial charge in [-0.2, -0.15) is 4.98 Å². The predicted molar refractivity (Wildman–Crippen MR) is 102 cm³/mol. The number of amides is 1. The summed E-state index contributed by atoms with van der Waals surface area (Å²) >= 11 is 1.55. The van der Waals surface area contributed by atoms with Crippen molar-refractivity contribution >= 4 is 28.4 Å². The Hall–Kier alpha value is -2.34. The zero-order valence-corrected chi connectivity index (χ0v) is 15.5. The van der Waals surface area contributed by atoms with Crippen LogP contribution in [-0.2, 0) is 10.3 Å². The van der Waals surface area contributed by atoms with Crippen LogP contribution in [0, 0.1) is 6.92 Å². The van der Waals surface area contributed by atoms with Crippen molar-refractivity contribution in [3.05, 3.63) is 54.2 Å². The average molecular weight is 367 g/mol. The second-order valence-corrected chi connectivity index (χ2v) is 7.82. The van der Waals surface area contributed by atoms with Gasteiger partial charge in [-0.1, -0.05) is 48.3 Å². The highest BCUT2D eigenvalue weighted by Gasteiger charge is 2.41. The number of carbonyl (C=O) groups is 1. The van der Waals surface area contributed by atoms with Crippen LogP contribution in [0.4, 0.5) is 0 Å². The molecule has 0 radical (unpaired) electrons. The monoisotopic (exact) mass is 367 g/mol. The average Bonchev–Trinajstić information content (AvgIpc) is 3.30. The van der Waals surface area contributed by atoms with Crippen LogP contribution in [0.2, 0.25) is 0 Å². The zero-order valence-electron chi connectivity index (χ0n) is 14.7. The lowest BCUT2D eigenvalue weighted by Crippen LogP contribution is -2.45. The SMILES string of the molecule is Cc1nc(C2(NC(=O)CSc3ccc4ccccc4c3)CCCC2)no1. The molecule has 134 valence electrons. The number of carbonyl (C=O) groups excluding carboxylic acids is 1. The number of nitrogens with zero attached hydrogens (tertiary/aromatic N) is 2. The van der Waals surface area contributed by atoms with Crippen molar-refractivity contribution in [2.45, 2.75) is 43.0 Å². The van der Waals surface area contributed by atoms with Crippen molar-refractivity contribution in [1.82, 2.24) is 15.5 Å². The van der Waals surface area contributed by atoms with Gasteiger partial charge in [0, 0.05) is 11.8 Å². The second-order valence-electron chi connectivity index (χ2n) is 6.77. The van der Waals surface area contributed by atoms with E-state index in [0.717, 1.165) is 30.6 Å². The second kappa shape index (κ2) is 7.11. The first-order valence-corrected chi connectivity index (χ1v) is 9.87. The maximum Gasteiger partial charge on any atom is 0.231 e. The van der Waals surface area contributed by atoms with Crippen LogP contribution in [0.25, 0.3) is 10.8 Å². The molecule has 1 N–H and O–H groups in total. The first-order valence-electron chi connectivity index (χ1n) is 8.88. The molecule has 1 fully saturated rings. The lowest BCUT2D eigenvalue weighted by atomic mass is 9.96. The fourth-order valence-corrected chi connectivity index (χ4v) is 4.33. The Kier molecular flexibility index (Phi) is 4.68. The van der Waals surface area contributed by atoms with Gasteiger partial charge in [-0.05, 0) is 35.7 Å². The van der Waals surface area contributed by atoms with E-state index in [9.17, 15) is 4.79 Å². The first kappa shape index (κ1) is 17.1. The van der Waals surface area contributed by atoms with Gasteiger partial charge in [-0.3, -0.25) is 4.79 Å². The molecule has 4 rings (SSSR count). The Morgan fingerprint density at radius 1 is 1.19 bits per heavy atom. The van der Waals surface area contributed by atoms with Crippen LogP contribution < -0.4 is 5.32 Å². The van der Waals surface area contributed by atoms with Crippen molar-refractivity contribution < 1.29 is 9.32 Å². The van der Waals surface area contributed by atoms with Crippen molar-refractivity contribution in [3.8, 4) is 0 Å². The summed E-state index contributed by atoms with van der Waals surface area (Å²) in [7, 11) is 0. The van der Waals surface area contributed by atoms with Gasteiger partial charge >= 0.3 is 0 Å².